The molecule has 15 heteroatoms. The normalized spacial score (nSPS) is 11.6. The smallest absolute Gasteiger partial charge is 0.408 e. The lowest BCUT2D eigenvalue weighted by atomic mass is 10.1. The van der Waals surface area contributed by atoms with Crippen LogP contribution in [-0.2, 0) is 25.6 Å². The number of imidazole rings is 1. The second-order valence-corrected chi connectivity index (χ2v) is 14.9. The fraction of sp³-hybridized carbons (Fsp3) is 0.405. The van der Waals surface area contributed by atoms with Crippen LogP contribution in [0.4, 0.5) is 16.2 Å². The summed E-state index contributed by atoms with van der Waals surface area (Å²) in [5.74, 6) is 0.531. The molecule has 3 aromatic carbocycles. The van der Waals surface area contributed by atoms with E-state index in [0.29, 0.717) is 58.1 Å². The highest BCUT2D eigenvalue weighted by Crippen LogP contribution is 2.32. The van der Waals surface area contributed by atoms with Crippen molar-refractivity contribution in [3.63, 3.8) is 0 Å². The van der Waals surface area contributed by atoms with Gasteiger partial charge in [0.2, 0.25) is 0 Å². The van der Waals surface area contributed by atoms with E-state index >= 15 is 0 Å². The van der Waals surface area contributed by atoms with Crippen molar-refractivity contribution >= 4 is 50.4 Å². The van der Waals surface area contributed by atoms with Crippen LogP contribution < -0.4 is 25.0 Å². The molecule has 0 radical (unpaired) electrons. The number of methoxy groups -OCH3 is 1. The number of H-pyrrole nitrogens is 1. The quantitative estimate of drug-likeness (QED) is 0.0867. The Kier molecular flexibility index (Phi) is 13.2. The molecule has 0 saturated carbocycles. The number of aromatic amines is 1. The van der Waals surface area contributed by atoms with Gasteiger partial charge in [-0.05, 0) is 95.0 Å². The number of nitrogens with zero attached hydrogens (tertiary/aromatic N) is 2. The van der Waals surface area contributed by atoms with Crippen LogP contribution in [0, 0.1) is 6.92 Å². The van der Waals surface area contributed by atoms with Crippen molar-refractivity contribution in [1.29, 1.82) is 0 Å². The Balaban J connectivity index is 1.41. The summed E-state index contributed by atoms with van der Waals surface area (Å²) in [5.41, 5.74) is 2.93. The van der Waals surface area contributed by atoms with Gasteiger partial charge in [-0.1, -0.05) is 18.6 Å². The van der Waals surface area contributed by atoms with Gasteiger partial charge < -0.3 is 34.7 Å². The number of amides is 3. The Morgan fingerprint density at radius 1 is 0.942 bits per heavy atom. The summed E-state index contributed by atoms with van der Waals surface area (Å²) in [7, 11) is -0.323. The average Bonchev–Trinajstić information content (AvgIpc) is 3.50. The van der Waals surface area contributed by atoms with Crippen molar-refractivity contribution in [2.75, 3.05) is 43.8 Å². The van der Waals surface area contributed by atoms with E-state index in [2.05, 4.69) is 20.6 Å². The van der Waals surface area contributed by atoms with Gasteiger partial charge in [0.1, 0.15) is 28.4 Å². The number of unbranched alkanes of at least 4 members (excludes halogenated alkanes) is 3. The molecule has 0 unspecified atom stereocenters. The molecule has 280 valence electrons. The zero-order valence-corrected chi connectivity index (χ0v) is 31.4. The van der Waals surface area contributed by atoms with Crippen LogP contribution in [0.2, 0.25) is 0 Å². The molecule has 4 rings (SSSR count). The van der Waals surface area contributed by atoms with Crippen LogP contribution >= 0.6 is 0 Å². The second kappa shape index (κ2) is 17.4. The average molecular weight is 738 g/mol. The molecule has 4 aromatic rings. The minimum atomic E-state index is -3.43. The summed E-state index contributed by atoms with van der Waals surface area (Å²) >= 11 is 0. The van der Waals surface area contributed by atoms with Crippen LogP contribution in [-0.4, -0.2) is 75.5 Å². The van der Waals surface area contributed by atoms with E-state index in [0.717, 1.165) is 31.1 Å². The molecular weight excluding hydrogens is 690 g/mol. The highest BCUT2D eigenvalue weighted by Gasteiger charge is 2.22. The Morgan fingerprint density at radius 3 is 2.37 bits per heavy atom. The largest absolute Gasteiger partial charge is 0.495 e. The first-order chi connectivity index (χ1) is 24.5. The standard InChI is InChI=1S/C37H47N5O9S/c1-24-15-18-29(31(21-24)49-19-10-8-9-11-20-50-52(7,46)47)42(5)35(44)25-16-17-27(30(22-25)48-6)40-34(43)26-13-12-14-28-33(26)41-32(39-28)23-38-36(45)51-37(2,3)4/h12-18,21-22H,8-11,19-20,23H2,1-7H3,(H,38,45)(H,39,41)(H,40,43). The topological polar surface area (TPSA) is 178 Å². The second-order valence-electron chi connectivity index (χ2n) is 13.2. The monoisotopic (exact) mass is 737 g/mol. The number of aromatic nitrogens is 2. The predicted molar refractivity (Wildman–Crippen MR) is 199 cm³/mol. The third-order valence-corrected chi connectivity index (χ3v) is 8.27. The van der Waals surface area contributed by atoms with E-state index in [-0.39, 0.29) is 24.8 Å². The highest BCUT2D eigenvalue weighted by atomic mass is 32.2. The zero-order chi connectivity index (χ0) is 38.1. The maximum absolute atomic E-state index is 13.7. The van der Waals surface area contributed by atoms with Crippen molar-refractivity contribution in [3.8, 4) is 11.5 Å². The number of para-hydroxylation sites is 1. The fourth-order valence-electron chi connectivity index (χ4n) is 5.20. The molecule has 0 atom stereocenters. The number of rotatable bonds is 16. The lowest BCUT2D eigenvalue weighted by Gasteiger charge is -2.22. The SMILES string of the molecule is COc1cc(C(=O)N(C)c2ccc(C)cc2OCCCCCCOS(C)(=O)=O)ccc1NC(=O)c1cccc2[nH]c(CNC(=O)OC(C)(C)C)nc12. The maximum Gasteiger partial charge on any atom is 0.408 e. The molecule has 14 nitrogen and oxygen atoms in total. The van der Waals surface area contributed by atoms with Gasteiger partial charge in [0, 0.05) is 12.6 Å². The zero-order valence-electron chi connectivity index (χ0n) is 30.6. The van der Waals surface area contributed by atoms with Gasteiger partial charge in [0.05, 0.1) is 55.6 Å². The first-order valence-corrected chi connectivity index (χ1v) is 18.7. The molecule has 52 heavy (non-hydrogen) atoms. The Labute approximate surface area is 304 Å². The van der Waals surface area contributed by atoms with Gasteiger partial charge in [-0.15, -0.1) is 0 Å². The molecule has 0 saturated heterocycles. The van der Waals surface area contributed by atoms with Crippen LogP contribution in [0.1, 0.15) is 78.6 Å². The van der Waals surface area contributed by atoms with Gasteiger partial charge in [-0.25, -0.2) is 9.78 Å². The van der Waals surface area contributed by atoms with Crippen molar-refractivity contribution in [3.05, 3.63) is 77.1 Å². The number of hydrogen-bond acceptors (Lipinski definition) is 10. The van der Waals surface area contributed by atoms with Gasteiger partial charge in [-0.3, -0.25) is 13.8 Å². The number of ether oxygens (including phenoxy) is 3. The Morgan fingerprint density at radius 2 is 1.67 bits per heavy atom. The minimum absolute atomic E-state index is 0.0747. The minimum Gasteiger partial charge on any atom is -0.495 e. The molecule has 0 aliphatic rings. The van der Waals surface area contributed by atoms with Gasteiger partial charge in [-0.2, -0.15) is 8.42 Å². The van der Waals surface area contributed by atoms with Crippen molar-refractivity contribution in [1.82, 2.24) is 15.3 Å². The molecular formula is C37H47N5O9S. The van der Waals surface area contributed by atoms with Crippen LogP contribution in [0.3, 0.4) is 0 Å². The van der Waals surface area contributed by atoms with E-state index in [4.69, 9.17) is 18.4 Å². The van der Waals surface area contributed by atoms with Crippen LogP contribution in [0.5, 0.6) is 11.5 Å². The highest BCUT2D eigenvalue weighted by molar-refractivity contribution is 7.85. The van der Waals surface area contributed by atoms with E-state index in [9.17, 15) is 22.8 Å². The molecule has 0 spiro atoms. The maximum atomic E-state index is 13.7. The van der Waals surface area contributed by atoms with E-state index in [1.54, 1.807) is 64.2 Å². The van der Waals surface area contributed by atoms with Crippen molar-refractivity contribution in [2.24, 2.45) is 0 Å². The molecule has 0 bridgehead atoms. The first kappa shape index (κ1) is 39.6. The summed E-state index contributed by atoms with van der Waals surface area (Å²) in [6.07, 6.45) is 3.45. The Bertz CT molecular complexity index is 2000. The molecule has 1 aromatic heterocycles. The number of benzene rings is 3. The first-order valence-electron chi connectivity index (χ1n) is 16.8. The van der Waals surface area contributed by atoms with Gasteiger partial charge in [0.25, 0.3) is 21.9 Å². The van der Waals surface area contributed by atoms with E-state index < -0.39 is 27.7 Å². The molecule has 0 aliphatic carbocycles. The summed E-state index contributed by atoms with van der Waals surface area (Å²) in [5, 5.41) is 5.52. The third-order valence-electron chi connectivity index (χ3n) is 7.68. The lowest BCUT2D eigenvalue weighted by Crippen LogP contribution is -2.32. The third kappa shape index (κ3) is 11.4. The van der Waals surface area contributed by atoms with Crippen LogP contribution in [0.25, 0.3) is 11.0 Å². The fourth-order valence-corrected chi connectivity index (χ4v) is 5.63. The number of alkyl carbamates (subject to hydrolysis) is 1. The number of carbonyl (C=O) groups is 3. The Hall–Kier alpha value is -5.15. The summed E-state index contributed by atoms with van der Waals surface area (Å²) in [6, 6.07) is 15.5. The number of fused-ring (bicyclic) bond motifs is 1. The van der Waals surface area contributed by atoms with E-state index in [1.165, 1.54) is 12.0 Å². The number of anilines is 2. The summed E-state index contributed by atoms with van der Waals surface area (Å²) in [4.78, 5) is 48.4. The number of aryl methyl sites for hydroxylation is 1. The van der Waals surface area contributed by atoms with Gasteiger partial charge >= 0.3 is 6.09 Å². The summed E-state index contributed by atoms with van der Waals surface area (Å²) < 4.78 is 43.9. The predicted octanol–water partition coefficient (Wildman–Crippen LogP) is 6.35. The molecule has 0 aliphatic heterocycles. The van der Waals surface area contributed by atoms with Crippen molar-refractivity contribution in [2.45, 2.75) is 65.5 Å². The number of nitrogens with one attached hydrogen (secondary N) is 3. The molecule has 3 N–H and O–H groups in total. The molecule has 0 fully saturated rings. The van der Waals surface area contributed by atoms with E-state index in [1.807, 2.05) is 25.1 Å². The number of hydrogen-bond donors (Lipinski definition) is 3. The molecule has 1 heterocycles. The van der Waals surface area contributed by atoms with Crippen LogP contribution in [0.15, 0.2) is 54.6 Å². The van der Waals surface area contributed by atoms with Gasteiger partial charge in [0.15, 0.2) is 0 Å². The lowest BCUT2D eigenvalue weighted by molar-refractivity contribution is 0.0522. The summed E-state index contributed by atoms with van der Waals surface area (Å²) in [6.45, 7) is 7.91. The van der Waals surface area contributed by atoms with Crippen molar-refractivity contribution < 1.29 is 41.2 Å². The number of carbonyl (C=O) groups excluding carboxylic acids is 3. The molecule has 3 amide bonds.